The number of halogens is 2. The number of furan rings is 1. The van der Waals surface area contributed by atoms with Crippen LogP contribution in [0.2, 0.25) is 5.02 Å². The van der Waals surface area contributed by atoms with Crippen LogP contribution in [0.25, 0.3) is 11.0 Å². The fourth-order valence-corrected chi connectivity index (χ4v) is 4.50. The maximum atomic E-state index is 13.1. The van der Waals surface area contributed by atoms with E-state index >= 15 is 0 Å². The van der Waals surface area contributed by atoms with Gasteiger partial charge in [-0.1, -0.05) is 45.7 Å². The van der Waals surface area contributed by atoms with E-state index in [1.165, 1.54) is 0 Å². The van der Waals surface area contributed by atoms with Gasteiger partial charge in [-0.05, 0) is 54.6 Å². The van der Waals surface area contributed by atoms with Gasteiger partial charge in [0.05, 0.1) is 16.6 Å². The predicted molar refractivity (Wildman–Crippen MR) is 115 cm³/mol. The Morgan fingerprint density at radius 2 is 1.64 bits per heavy atom. The highest BCUT2D eigenvalue weighted by Crippen LogP contribution is 2.30. The van der Waals surface area contributed by atoms with Crippen LogP contribution in [0, 0.1) is 0 Å². The van der Waals surface area contributed by atoms with Crippen LogP contribution in [0.4, 0.5) is 0 Å². The first-order chi connectivity index (χ1) is 13.5. The number of ketones is 1. The highest BCUT2D eigenvalue weighted by Gasteiger charge is 2.23. The van der Waals surface area contributed by atoms with Crippen molar-refractivity contribution in [3.63, 3.8) is 0 Å². The van der Waals surface area contributed by atoms with Crippen molar-refractivity contribution < 1.29 is 13.4 Å². The first kappa shape index (κ1) is 19.1. The molecule has 1 atom stereocenters. The van der Waals surface area contributed by atoms with E-state index in [0.29, 0.717) is 26.6 Å². The van der Waals surface area contributed by atoms with Crippen molar-refractivity contribution in [2.24, 2.45) is 0 Å². The number of hydrogen-bond acceptors (Lipinski definition) is 3. The molecule has 0 fully saturated rings. The number of carbonyl (C=O) groups is 1. The van der Waals surface area contributed by atoms with Crippen molar-refractivity contribution in [3.05, 3.63) is 99.2 Å². The van der Waals surface area contributed by atoms with E-state index in [4.69, 9.17) is 16.0 Å². The van der Waals surface area contributed by atoms with E-state index in [0.717, 1.165) is 9.86 Å². The number of hydrogen-bond donors (Lipinski definition) is 0. The summed E-state index contributed by atoms with van der Waals surface area (Å²) in [6, 6.07) is 21.4. The van der Waals surface area contributed by atoms with Gasteiger partial charge in [0, 0.05) is 30.9 Å². The number of rotatable bonds is 5. The lowest BCUT2D eigenvalue weighted by Crippen LogP contribution is -2.05. The minimum absolute atomic E-state index is 0.188. The van der Waals surface area contributed by atoms with Crippen LogP contribution >= 0.6 is 27.5 Å². The summed E-state index contributed by atoms with van der Waals surface area (Å²) in [5, 5.41) is 1.35. The minimum Gasteiger partial charge on any atom is -0.452 e. The molecule has 0 unspecified atom stereocenters. The van der Waals surface area contributed by atoms with Crippen LogP contribution in [0.15, 0.2) is 86.6 Å². The topological polar surface area (TPSA) is 47.3 Å². The quantitative estimate of drug-likeness (QED) is 0.316. The molecule has 0 aliphatic heterocycles. The molecule has 0 saturated heterocycles. The van der Waals surface area contributed by atoms with Crippen molar-refractivity contribution in [1.82, 2.24) is 0 Å². The fourth-order valence-electron chi connectivity index (χ4n) is 2.96. The summed E-state index contributed by atoms with van der Waals surface area (Å²) in [7, 11) is -1.32. The third-order valence-electron chi connectivity index (χ3n) is 4.36. The SMILES string of the molecule is O=C(c1ccc(Cl)cc1)c1oc2ccccc2c1C[S@](=O)c1ccc(Br)cc1. The third-order valence-corrected chi connectivity index (χ3v) is 6.49. The molecular weight excluding hydrogens is 460 g/mol. The normalized spacial score (nSPS) is 12.2. The maximum Gasteiger partial charge on any atom is 0.228 e. The molecule has 1 heterocycles. The van der Waals surface area contributed by atoms with Crippen LogP contribution in [-0.4, -0.2) is 9.99 Å². The average Bonchev–Trinajstić information content (AvgIpc) is 3.07. The molecule has 28 heavy (non-hydrogen) atoms. The summed E-state index contributed by atoms with van der Waals surface area (Å²) in [5.74, 6) is 0.150. The molecular formula is C22H14BrClO3S. The van der Waals surface area contributed by atoms with Crippen molar-refractivity contribution in [3.8, 4) is 0 Å². The zero-order chi connectivity index (χ0) is 19.7. The predicted octanol–water partition coefficient (Wildman–Crippen LogP) is 6.39. The van der Waals surface area contributed by atoms with Gasteiger partial charge >= 0.3 is 0 Å². The Labute approximate surface area is 177 Å². The van der Waals surface area contributed by atoms with E-state index in [1.807, 2.05) is 42.5 Å². The second-order valence-corrected chi connectivity index (χ2v) is 8.99. The Bertz CT molecular complexity index is 1180. The van der Waals surface area contributed by atoms with E-state index in [9.17, 15) is 9.00 Å². The van der Waals surface area contributed by atoms with Gasteiger partial charge in [0.1, 0.15) is 5.58 Å². The highest BCUT2D eigenvalue weighted by atomic mass is 79.9. The number of fused-ring (bicyclic) bond motifs is 1. The molecule has 3 nitrogen and oxygen atoms in total. The lowest BCUT2D eigenvalue weighted by Gasteiger charge is -2.05. The molecule has 4 rings (SSSR count). The molecule has 0 amide bonds. The standard InChI is InChI=1S/C22H14BrClO3S/c23-15-7-11-17(12-8-15)28(26)13-19-18-3-1-2-4-20(18)27-22(19)21(25)14-5-9-16(24)10-6-14/h1-12H,13H2/t28-/m0/s1. The third kappa shape index (κ3) is 3.83. The van der Waals surface area contributed by atoms with Crippen molar-refractivity contribution in [2.75, 3.05) is 0 Å². The van der Waals surface area contributed by atoms with Gasteiger partial charge in [-0.2, -0.15) is 0 Å². The number of benzene rings is 3. The summed E-state index contributed by atoms with van der Waals surface area (Å²) >= 11 is 9.31. The van der Waals surface area contributed by atoms with E-state index < -0.39 is 10.8 Å². The van der Waals surface area contributed by atoms with E-state index in [1.54, 1.807) is 30.3 Å². The van der Waals surface area contributed by atoms with Crippen molar-refractivity contribution in [1.29, 1.82) is 0 Å². The average molecular weight is 474 g/mol. The molecule has 0 spiro atoms. The molecule has 4 aromatic rings. The minimum atomic E-state index is -1.32. The van der Waals surface area contributed by atoms with Gasteiger partial charge in [0.2, 0.25) is 5.78 Å². The molecule has 0 saturated carbocycles. The molecule has 6 heteroatoms. The second-order valence-electron chi connectivity index (χ2n) is 6.19. The van der Waals surface area contributed by atoms with Crippen molar-refractivity contribution >= 4 is 55.1 Å². The van der Waals surface area contributed by atoms with Gasteiger partial charge in [-0.15, -0.1) is 0 Å². The van der Waals surface area contributed by atoms with Gasteiger partial charge in [0.25, 0.3) is 0 Å². The van der Waals surface area contributed by atoms with Gasteiger partial charge in [0.15, 0.2) is 5.76 Å². The molecule has 3 aromatic carbocycles. The summed E-state index contributed by atoms with van der Waals surface area (Å²) < 4.78 is 19.7. The lowest BCUT2D eigenvalue weighted by atomic mass is 10.0. The Morgan fingerprint density at radius 1 is 0.964 bits per heavy atom. The summed E-state index contributed by atoms with van der Waals surface area (Å²) in [5.41, 5.74) is 1.72. The Kier molecular flexibility index (Phi) is 5.49. The Morgan fingerprint density at radius 3 is 2.36 bits per heavy atom. The molecule has 0 N–H and O–H groups in total. The fraction of sp³-hybridized carbons (Fsp3) is 0.0455. The zero-order valence-electron chi connectivity index (χ0n) is 14.5. The first-order valence-electron chi connectivity index (χ1n) is 8.47. The van der Waals surface area contributed by atoms with E-state index in [-0.39, 0.29) is 17.3 Å². The summed E-state index contributed by atoms with van der Waals surface area (Å²) in [6.45, 7) is 0. The van der Waals surface area contributed by atoms with E-state index in [2.05, 4.69) is 15.9 Å². The van der Waals surface area contributed by atoms with Crippen LogP contribution < -0.4 is 0 Å². The van der Waals surface area contributed by atoms with Crippen LogP contribution in [0.1, 0.15) is 21.7 Å². The first-order valence-corrected chi connectivity index (χ1v) is 11.0. The maximum absolute atomic E-state index is 13.1. The molecule has 0 aliphatic carbocycles. The summed E-state index contributed by atoms with van der Waals surface area (Å²) in [6.07, 6.45) is 0. The number of carbonyl (C=O) groups excluding carboxylic acids is 1. The lowest BCUT2D eigenvalue weighted by molar-refractivity contribution is 0.101. The largest absolute Gasteiger partial charge is 0.452 e. The Hall–Kier alpha value is -2.21. The molecule has 0 radical (unpaired) electrons. The highest BCUT2D eigenvalue weighted by molar-refractivity contribution is 9.10. The molecule has 1 aromatic heterocycles. The second kappa shape index (κ2) is 8.03. The van der Waals surface area contributed by atoms with Gasteiger partial charge in [-0.25, -0.2) is 0 Å². The van der Waals surface area contributed by atoms with Crippen LogP contribution in [0.5, 0.6) is 0 Å². The number of para-hydroxylation sites is 1. The molecule has 0 aliphatic rings. The zero-order valence-corrected chi connectivity index (χ0v) is 17.7. The van der Waals surface area contributed by atoms with Crippen LogP contribution in [0.3, 0.4) is 0 Å². The van der Waals surface area contributed by atoms with Crippen molar-refractivity contribution in [2.45, 2.75) is 10.6 Å². The molecule has 140 valence electrons. The summed E-state index contributed by atoms with van der Waals surface area (Å²) in [4.78, 5) is 13.8. The van der Waals surface area contributed by atoms with Gasteiger partial charge in [-0.3, -0.25) is 9.00 Å². The van der Waals surface area contributed by atoms with Gasteiger partial charge < -0.3 is 4.42 Å². The monoisotopic (exact) mass is 472 g/mol. The van der Waals surface area contributed by atoms with Crippen LogP contribution in [-0.2, 0) is 16.6 Å². The Balaban J connectivity index is 1.77. The smallest absolute Gasteiger partial charge is 0.228 e. The molecule has 0 bridgehead atoms.